The first-order valence-electron chi connectivity index (χ1n) is 7.67. The van der Waals surface area contributed by atoms with E-state index in [1.807, 2.05) is 38.1 Å². The van der Waals surface area contributed by atoms with E-state index in [0.29, 0.717) is 0 Å². The molecule has 0 heterocycles. The summed E-state index contributed by atoms with van der Waals surface area (Å²) < 4.78 is 30.0. The summed E-state index contributed by atoms with van der Waals surface area (Å²) in [4.78, 5) is 0. The summed E-state index contributed by atoms with van der Waals surface area (Å²) in [5.41, 5.74) is 2.69. The first-order valence-corrected chi connectivity index (χ1v) is 9.25. The number of aryl methyl sites for hydroxylation is 2. The zero-order chi connectivity index (χ0) is 17.7. The van der Waals surface area contributed by atoms with Gasteiger partial charge in [-0.05, 0) is 37.1 Å². The predicted molar refractivity (Wildman–Crippen MR) is 95.7 cm³/mol. The summed E-state index contributed by atoms with van der Waals surface area (Å²) in [5.74, 6) is -0.713. The number of rotatable bonds is 7. The fourth-order valence-corrected chi connectivity index (χ4v) is 3.82. The van der Waals surface area contributed by atoms with Crippen LogP contribution in [0.25, 0.3) is 0 Å². The van der Waals surface area contributed by atoms with Crippen LogP contribution in [0.5, 0.6) is 5.75 Å². The molecule has 2 atom stereocenters. The van der Waals surface area contributed by atoms with Crippen LogP contribution in [0.1, 0.15) is 22.6 Å². The van der Waals surface area contributed by atoms with Crippen LogP contribution in [0.15, 0.2) is 61.2 Å². The molecule has 2 aromatic carbocycles. The van der Waals surface area contributed by atoms with Gasteiger partial charge >= 0.3 is 10.1 Å². The van der Waals surface area contributed by atoms with E-state index in [1.165, 1.54) is 6.08 Å². The van der Waals surface area contributed by atoms with E-state index in [0.717, 1.165) is 16.7 Å². The second-order valence-electron chi connectivity index (χ2n) is 5.81. The quantitative estimate of drug-likeness (QED) is 0.617. The van der Waals surface area contributed by atoms with Crippen molar-refractivity contribution >= 4 is 10.1 Å². The van der Waals surface area contributed by atoms with E-state index in [-0.39, 0.29) is 11.5 Å². The Balaban J connectivity index is 2.26. The summed E-state index contributed by atoms with van der Waals surface area (Å²) in [5, 5.41) is 10.2. The smallest absolute Gasteiger partial charge is 0.309 e. The van der Waals surface area contributed by atoms with Crippen molar-refractivity contribution in [2.75, 3.05) is 5.75 Å². The maximum absolute atomic E-state index is 12.4. The van der Waals surface area contributed by atoms with Gasteiger partial charge in [0.1, 0.15) is 5.75 Å². The maximum Gasteiger partial charge on any atom is 0.309 e. The van der Waals surface area contributed by atoms with Crippen molar-refractivity contribution in [3.05, 3.63) is 77.9 Å². The summed E-state index contributed by atoms with van der Waals surface area (Å²) in [7, 11) is -3.87. The Kier molecular flexibility index (Phi) is 5.80. The summed E-state index contributed by atoms with van der Waals surface area (Å²) in [6, 6.07) is 14.2. The van der Waals surface area contributed by atoms with E-state index in [2.05, 4.69) is 6.58 Å². The van der Waals surface area contributed by atoms with Crippen molar-refractivity contribution in [1.82, 2.24) is 0 Å². The molecule has 0 aliphatic heterocycles. The Morgan fingerprint density at radius 1 is 1.12 bits per heavy atom. The van der Waals surface area contributed by atoms with Crippen LogP contribution >= 0.6 is 0 Å². The Bertz CT molecular complexity index is 794. The van der Waals surface area contributed by atoms with Crippen molar-refractivity contribution in [3.63, 3.8) is 0 Å². The highest BCUT2D eigenvalue weighted by Crippen LogP contribution is 2.27. The number of aliphatic hydroxyl groups excluding tert-OH is 1. The van der Waals surface area contributed by atoms with Crippen molar-refractivity contribution in [2.24, 2.45) is 0 Å². The minimum absolute atomic E-state index is 0.261. The normalized spacial score (nSPS) is 14.0. The van der Waals surface area contributed by atoms with E-state index < -0.39 is 22.1 Å². The highest BCUT2D eigenvalue weighted by Gasteiger charge is 2.28. The first-order chi connectivity index (χ1) is 11.3. The highest BCUT2D eigenvalue weighted by atomic mass is 32.2. The molecule has 0 aliphatic carbocycles. The minimum Gasteiger partial charge on any atom is -0.388 e. The molecule has 2 unspecified atom stereocenters. The third-order valence-electron chi connectivity index (χ3n) is 3.87. The molecular formula is C19H22O4S. The molecule has 0 fully saturated rings. The van der Waals surface area contributed by atoms with E-state index in [9.17, 15) is 13.5 Å². The monoisotopic (exact) mass is 346 g/mol. The second kappa shape index (κ2) is 7.64. The van der Waals surface area contributed by atoms with Gasteiger partial charge in [0.2, 0.25) is 0 Å². The average molecular weight is 346 g/mol. The lowest BCUT2D eigenvalue weighted by Gasteiger charge is -2.22. The topological polar surface area (TPSA) is 63.6 Å². The maximum atomic E-state index is 12.4. The van der Waals surface area contributed by atoms with E-state index >= 15 is 0 Å². The van der Waals surface area contributed by atoms with Gasteiger partial charge in [-0.15, -0.1) is 6.58 Å². The Morgan fingerprint density at radius 3 is 2.33 bits per heavy atom. The van der Waals surface area contributed by atoms with Gasteiger partial charge in [0.15, 0.2) is 0 Å². The zero-order valence-corrected chi connectivity index (χ0v) is 14.7. The van der Waals surface area contributed by atoms with Crippen LogP contribution in [-0.4, -0.2) is 25.4 Å². The van der Waals surface area contributed by atoms with Gasteiger partial charge < -0.3 is 9.29 Å². The van der Waals surface area contributed by atoms with Crippen LogP contribution < -0.4 is 4.18 Å². The number of hydrogen-bond donors (Lipinski definition) is 1. The van der Waals surface area contributed by atoms with Crippen LogP contribution in [0.4, 0.5) is 0 Å². The minimum atomic E-state index is -3.87. The molecule has 0 aromatic heterocycles. The van der Waals surface area contributed by atoms with Gasteiger partial charge in [-0.2, -0.15) is 8.42 Å². The van der Waals surface area contributed by atoms with Gasteiger partial charge in [-0.3, -0.25) is 0 Å². The molecule has 0 spiro atoms. The molecule has 128 valence electrons. The molecule has 0 saturated heterocycles. The average Bonchev–Trinajstić information content (AvgIpc) is 2.55. The molecule has 24 heavy (non-hydrogen) atoms. The molecule has 0 aliphatic rings. The summed E-state index contributed by atoms with van der Waals surface area (Å²) >= 11 is 0. The third kappa shape index (κ3) is 4.69. The second-order valence-corrected chi connectivity index (χ2v) is 7.43. The fraction of sp³-hybridized carbons (Fsp3) is 0.263. The molecule has 4 nitrogen and oxygen atoms in total. The molecule has 2 aromatic rings. The van der Waals surface area contributed by atoms with Gasteiger partial charge in [0.25, 0.3) is 0 Å². The molecule has 1 N–H and O–H groups in total. The van der Waals surface area contributed by atoms with Crippen molar-refractivity contribution in [1.29, 1.82) is 0 Å². The van der Waals surface area contributed by atoms with Crippen LogP contribution in [0.3, 0.4) is 0 Å². The first kappa shape index (κ1) is 18.2. The molecule has 2 rings (SSSR count). The largest absolute Gasteiger partial charge is 0.388 e. The van der Waals surface area contributed by atoms with Gasteiger partial charge in [-0.1, -0.05) is 48.0 Å². The lowest BCUT2D eigenvalue weighted by Crippen LogP contribution is -2.27. The summed E-state index contributed by atoms with van der Waals surface area (Å²) in [6.45, 7) is 7.36. The fourth-order valence-electron chi connectivity index (χ4n) is 2.53. The lowest BCUT2D eigenvalue weighted by molar-refractivity contribution is 0.197. The Hall–Kier alpha value is -2.11. The van der Waals surface area contributed by atoms with E-state index in [4.69, 9.17) is 4.18 Å². The lowest BCUT2D eigenvalue weighted by atomic mass is 9.92. The SMILES string of the molecule is C=CC(O)C(CS(=O)(=O)Oc1ccc(C)cc1)c1ccccc1C. The zero-order valence-electron chi connectivity index (χ0n) is 13.8. The van der Waals surface area contributed by atoms with E-state index in [1.54, 1.807) is 24.3 Å². The number of benzene rings is 2. The highest BCUT2D eigenvalue weighted by molar-refractivity contribution is 7.87. The van der Waals surface area contributed by atoms with Crippen molar-refractivity contribution in [3.8, 4) is 5.75 Å². The van der Waals surface area contributed by atoms with Gasteiger partial charge in [-0.25, -0.2) is 0 Å². The standard InChI is InChI=1S/C19H22O4S/c1-4-19(20)18(17-8-6-5-7-15(17)3)13-24(21,22)23-16-11-9-14(2)10-12-16/h4-12,18-20H,1,13H2,2-3H3. The van der Waals surface area contributed by atoms with Gasteiger partial charge in [0.05, 0.1) is 11.9 Å². The molecule has 0 radical (unpaired) electrons. The molecule has 0 bridgehead atoms. The van der Waals surface area contributed by atoms with Crippen LogP contribution in [0.2, 0.25) is 0 Å². The third-order valence-corrected chi connectivity index (χ3v) is 5.08. The van der Waals surface area contributed by atoms with Crippen LogP contribution in [0, 0.1) is 13.8 Å². The van der Waals surface area contributed by atoms with Gasteiger partial charge in [0, 0.05) is 5.92 Å². The predicted octanol–water partition coefficient (Wildman–Crippen LogP) is 3.34. The molecular weight excluding hydrogens is 324 g/mol. The van der Waals surface area contributed by atoms with Crippen molar-refractivity contribution < 1.29 is 17.7 Å². The number of aliphatic hydroxyl groups is 1. The Morgan fingerprint density at radius 2 is 1.75 bits per heavy atom. The van der Waals surface area contributed by atoms with Crippen molar-refractivity contribution in [2.45, 2.75) is 25.9 Å². The molecule has 5 heteroatoms. The molecule has 0 amide bonds. The van der Waals surface area contributed by atoms with Crippen LogP contribution in [-0.2, 0) is 10.1 Å². The summed E-state index contributed by atoms with van der Waals surface area (Å²) in [6.07, 6.45) is 0.362. The molecule has 0 saturated carbocycles. The number of hydrogen-bond acceptors (Lipinski definition) is 4. The Labute approximate surface area is 143 Å².